The van der Waals surface area contributed by atoms with Crippen LogP contribution in [-0.2, 0) is 11.8 Å². The summed E-state index contributed by atoms with van der Waals surface area (Å²) in [5, 5.41) is 9.50. The van der Waals surface area contributed by atoms with Gasteiger partial charge in [0.05, 0.1) is 0 Å². The van der Waals surface area contributed by atoms with Crippen LogP contribution in [-0.4, -0.2) is 28.8 Å². The van der Waals surface area contributed by atoms with Crippen molar-refractivity contribution in [3.8, 4) is 0 Å². The molecule has 0 fully saturated rings. The van der Waals surface area contributed by atoms with E-state index in [9.17, 15) is 4.79 Å². The van der Waals surface area contributed by atoms with Crippen molar-refractivity contribution in [2.24, 2.45) is 0 Å². The third-order valence-electron chi connectivity index (χ3n) is 2.73. The molecular formula is C13H24N4O2. The molecule has 0 aliphatic carbocycles. The van der Waals surface area contributed by atoms with Crippen molar-refractivity contribution in [3.63, 3.8) is 0 Å². The van der Waals surface area contributed by atoms with E-state index < -0.39 is 0 Å². The third-order valence-corrected chi connectivity index (χ3v) is 2.73. The summed E-state index contributed by atoms with van der Waals surface area (Å²) in [4.78, 5) is 15.8. The second-order valence-electron chi connectivity index (χ2n) is 5.73. The summed E-state index contributed by atoms with van der Waals surface area (Å²) in [6.45, 7) is 10.5. The normalized spacial score (nSPS) is 13.1. The maximum atomic E-state index is 11.5. The molecule has 1 aromatic rings. The molecule has 19 heavy (non-hydrogen) atoms. The minimum Gasteiger partial charge on any atom is -0.339 e. The topological polar surface area (TPSA) is 80.0 Å². The molecule has 6 nitrogen and oxygen atoms in total. The highest BCUT2D eigenvalue weighted by atomic mass is 16.5. The fourth-order valence-electron chi connectivity index (χ4n) is 1.32. The van der Waals surface area contributed by atoms with E-state index in [-0.39, 0.29) is 17.5 Å². The fraction of sp³-hybridized carbons (Fsp3) is 0.769. The summed E-state index contributed by atoms with van der Waals surface area (Å²) < 4.78 is 5.18. The number of hydrogen-bond acceptors (Lipinski definition) is 4. The van der Waals surface area contributed by atoms with Crippen LogP contribution in [0.2, 0.25) is 0 Å². The Morgan fingerprint density at radius 2 is 2.11 bits per heavy atom. The Morgan fingerprint density at radius 1 is 1.42 bits per heavy atom. The fourth-order valence-corrected chi connectivity index (χ4v) is 1.32. The standard InChI is InChI=1S/C13H24N4O2/c1-6-9(2)15-12(18)14-8-7-10-16-11(19-17-10)13(3,4)5/h9H,6-8H2,1-5H3,(H2,14,15,18). The average Bonchev–Trinajstić information content (AvgIpc) is 2.77. The maximum absolute atomic E-state index is 11.5. The van der Waals surface area contributed by atoms with Gasteiger partial charge in [-0.2, -0.15) is 4.98 Å². The molecule has 1 atom stereocenters. The first-order chi connectivity index (χ1) is 8.82. The number of nitrogens with one attached hydrogen (secondary N) is 2. The molecule has 0 bridgehead atoms. The van der Waals surface area contributed by atoms with E-state index in [0.29, 0.717) is 24.7 Å². The van der Waals surface area contributed by atoms with E-state index in [2.05, 4.69) is 20.8 Å². The number of carbonyl (C=O) groups is 1. The monoisotopic (exact) mass is 268 g/mol. The molecule has 1 rings (SSSR count). The molecule has 2 amide bonds. The van der Waals surface area contributed by atoms with Gasteiger partial charge in [-0.15, -0.1) is 0 Å². The van der Waals surface area contributed by atoms with Gasteiger partial charge in [0.2, 0.25) is 5.89 Å². The molecule has 0 aliphatic rings. The minimum absolute atomic E-state index is 0.146. The molecule has 1 heterocycles. The van der Waals surface area contributed by atoms with Crippen LogP contribution in [0.1, 0.15) is 52.8 Å². The van der Waals surface area contributed by atoms with E-state index in [1.165, 1.54) is 0 Å². The van der Waals surface area contributed by atoms with Crippen LogP contribution in [0.15, 0.2) is 4.52 Å². The number of hydrogen-bond donors (Lipinski definition) is 2. The zero-order valence-electron chi connectivity index (χ0n) is 12.4. The van der Waals surface area contributed by atoms with Gasteiger partial charge >= 0.3 is 6.03 Å². The van der Waals surface area contributed by atoms with Gasteiger partial charge in [-0.3, -0.25) is 0 Å². The van der Waals surface area contributed by atoms with Crippen molar-refractivity contribution in [1.29, 1.82) is 0 Å². The molecule has 2 N–H and O–H groups in total. The van der Waals surface area contributed by atoms with Gasteiger partial charge in [-0.05, 0) is 13.3 Å². The molecule has 6 heteroatoms. The number of amides is 2. The van der Waals surface area contributed by atoms with Crippen molar-refractivity contribution in [1.82, 2.24) is 20.8 Å². The minimum atomic E-state index is -0.158. The third kappa shape index (κ3) is 5.28. The second kappa shape index (κ2) is 6.54. The highest BCUT2D eigenvalue weighted by molar-refractivity contribution is 5.74. The lowest BCUT2D eigenvalue weighted by Gasteiger charge is -2.11. The van der Waals surface area contributed by atoms with E-state index >= 15 is 0 Å². The first-order valence-electron chi connectivity index (χ1n) is 6.70. The van der Waals surface area contributed by atoms with Gasteiger partial charge in [0.15, 0.2) is 5.82 Å². The van der Waals surface area contributed by atoms with Gasteiger partial charge in [0.25, 0.3) is 0 Å². The Balaban J connectivity index is 2.34. The molecule has 0 spiro atoms. The lowest BCUT2D eigenvalue weighted by Crippen LogP contribution is -2.41. The van der Waals surface area contributed by atoms with Crippen LogP contribution in [0.3, 0.4) is 0 Å². The molecular weight excluding hydrogens is 244 g/mol. The molecule has 0 aliphatic heterocycles. The number of urea groups is 1. The quantitative estimate of drug-likeness (QED) is 0.856. The van der Waals surface area contributed by atoms with Crippen LogP contribution in [0, 0.1) is 0 Å². The molecule has 0 saturated carbocycles. The summed E-state index contributed by atoms with van der Waals surface area (Å²) in [5.74, 6) is 1.24. The summed E-state index contributed by atoms with van der Waals surface area (Å²) >= 11 is 0. The maximum Gasteiger partial charge on any atom is 0.315 e. The van der Waals surface area contributed by atoms with Crippen molar-refractivity contribution >= 4 is 6.03 Å². The molecule has 0 saturated heterocycles. The Labute approximate surface area is 114 Å². The van der Waals surface area contributed by atoms with E-state index in [1.807, 2.05) is 34.6 Å². The van der Waals surface area contributed by atoms with Gasteiger partial charge in [0, 0.05) is 24.4 Å². The predicted molar refractivity (Wildman–Crippen MR) is 73.0 cm³/mol. The second-order valence-corrected chi connectivity index (χ2v) is 5.73. The summed E-state index contributed by atoms with van der Waals surface area (Å²) in [6.07, 6.45) is 1.47. The molecule has 1 unspecified atom stereocenters. The zero-order valence-corrected chi connectivity index (χ0v) is 12.4. The molecule has 0 aromatic carbocycles. The van der Waals surface area contributed by atoms with Crippen molar-refractivity contribution in [2.75, 3.05) is 6.54 Å². The molecule has 0 radical (unpaired) electrons. The van der Waals surface area contributed by atoms with E-state index in [1.54, 1.807) is 0 Å². The lowest BCUT2D eigenvalue weighted by molar-refractivity contribution is 0.237. The Kier molecular flexibility index (Phi) is 5.32. The first-order valence-corrected chi connectivity index (χ1v) is 6.70. The van der Waals surface area contributed by atoms with Gasteiger partial charge in [-0.1, -0.05) is 32.9 Å². The SMILES string of the molecule is CCC(C)NC(=O)NCCc1noc(C(C)(C)C)n1. The molecule has 1 aromatic heterocycles. The lowest BCUT2D eigenvalue weighted by atomic mass is 9.97. The van der Waals surface area contributed by atoms with E-state index in [4.69, 9.17) is 4.52 Å². The molecule has 108 valence electrons. The summed E-state index contributed by atoms with van der Waals surface area (Å²) in [5.41, 5.74) is -0.146. The number of aromatic nitrogens is 2. The summed E-state index contributed by atoms with van der Waals surface area (Å²) in [6, 6.07) is 0.0200. The largest absolute Gasteiger partial charge is 0.339 e. The average molecular weight is 268 g/mol. The van der Waals surface area contributed by atoms with Crippen LogP contribution in [0.5, 0.6) is 0 Å². The van der Waals surface area contributed by atoms with Gasteiger partial charge < -0.3 is 15.2 Å². The number of rotatable bonds is 5. The van der Waals surface area contributed by atoms with Crippen LogP contribution in [0.25, 0.3) is 0 Å². The number of carbonyl (C=O) groups excluding carboxylic acids is 1. The smallest absolute Gasteiger partial charge is 0.315 e. The summed E-state index contributed by atoms with van der Waals surface area (Å²) in [7, 11) is 0. The van der Waals surface area contributed by atoms with Crippen LogP contribution < -0.4 is 10.6 Å². The van der Waals surface area contributed by atoms with Crippen LogP contribution in [0.4, 0.5) is 4.79 Å². The number of nitrogens with zero attached hydrogens (tertiary/aromatic N) is 2. The van der Waals surface area contributed by atoms with Gasteiger partial charge in [-0.25, -0.2) is 4.79 Å². The van der Waals surface area contributed by atoms with Crippen molar-refractivity contribution < 1.29 is 9.32 Å². The highest BCUT2D eigenvalue weighted by Gasteiger charge is 2.21. The zero-order chi connectivity index (χ0) is 14.5. The van der Waals surface area contributed by atoms with Gasteiger partial charge in [0.1, 0.15) is 0 Å². The Hall–Kier alpha value is -1.59. The Bertz CT molecular complexity index is 409. The van der Waals surface area contributed by atoms with Crippen LogP contribution >= 0.6 is 0 Å². The predicted octanol–water partition coefficient (Wildman–Crippen LogP) is 2.01. The van der Waals surface area contributed by atoms with E-state index in [0.717, 1.165) is 6.42 Å². The first kappa shape index (κ1) is 15.5. The van der Waals surface area contributed by atoms with Crippen molar-refractivity contribution in [2.45, 2.75) is 58.9 Å². The van der Waals surface area contributed by atoms with Crippen molar-refractivity contribution in [3.05, 3.63) is 11.7 Å². The highest BCUT2D eigenvalue weighted by Crippen LogP contribution is 2.19. The Morgan fingerprint density at radius 3 is 2.63 bits per heavy atom.